The quantitative estimate of drug-likeness (QED) is 0.209. The number of hydrogen-bond donors (Lipinski definition) is 0. The van der Waals surface area contributed by atoms with Gasteiger partial charge in [-0.2, -0.15) is 0 Å². The second kappa shape index (κ2) is 9.59. The van der Waals surface area contributed by atoms with Gasteiger partial charge in [0.25, 0.3) is 0 Å². The Hall–Kier alpha value is -4.38. The molecule has 0 heterocycles. The predicted molar refractivity (Wildman–Crippen MR) is 170 cm³/mol. The van der Waals surface area contributed by atoms with E-state index in [-0.39, 0.29) is 0 Å². The van der Waals surface area contributed by atoms with Crippen LogP contribution < -0.4 is 0 Å². The molecule has 4 heteroatoms. The van der Waals surface area contributed by atoms with Gasteiger partial charge in [-0.05, 0) is 100.0 Å². The van der Waals surface area contributed by atoms with Crippen molar-refractivity contribution in [3.63, 3.8) is 0 Å². The molecule has 0 amide bonds. The maximum Gasteiger partial charge on any atom is 0.0849 e. The monoisotopic (exact) mass is 578 g/mol. The zero-order valence-corrected chi connectivity index (χ0v) is 24.5. The molecule has 42 heavy (non-hydrogen) atoms. The molecule has 2 unspecified atom stereocenters. The molecule has 0 fully saturated rings. The molecule has 2 atom stereocenters. The Bertz CT molecular complexity index is 2030. The van der Waals surface area contributed by atoms with Crippen LogP contribution in [0.3, 0.4) is 0 Å². The largest absolute Gasteiger partial charge is 0.249 e. The summed E-state index contributed by atoms with van der Waals surface area (Å²) in [6.45, 7) is 2.04. The summed E-state index contributed by atoms with van der Waals surface area (Å²) < 4.78 is 27.7. The highest BCUT2D eigenvalue weighted by atomic mass is 32.2. The Labute approximate surface area is 250 Å². The Morgan fingerprint density at radius 3 is 1.33 bits per heavy atom. The Balaban J connectivity index is 1.41. The van der Waals surface area contributed by atoms with Crippen molar-refractivity contribution in [2.75, 3.05) is 0 Å². The van der Waals surface area contributed by atoms with Gasteiger partial charge in [-0.1, -0.05) is 96.6 Å². The van der Waals surface area contributed by atoms with E-state index in [2.05, 4.69) is 72.8 Å². The van der Waals surface area contributed by atoms with E-state index < -0.39 is 27.0 Å². The molecule has 8 rings (SSSR count). The molecule has 6 aromatic carbocycles. The number of rotatable bonds is 4. The molecule has 0 aliphatic heterocycles. The second-order valence-electron chi connectivity index (χ2n) is 10.9. The van der Waals surface area contributed by atoms with Crippen LogP contribution in [0.15, 0.2) is 159 Å². The molecule has 0 bridgehead atoms. The smallest absolute Gasteiger partial charge is 0.0849 e. The summed E-state index contributed by atoms with van der Waals surface area (Å²) in [6, 6.07) is 47.3. The predicted octanol–water partition coefficient (Wildman–Crippen LogP) is 8.67. The first-order valence-electron chi connectivity index (χ1n) is 14.0. The van der Waals surface area contributed by atoms with Gasteiger partial charge in [-0.25, -0.2) is 8.42 Å². The van der Waals surface area contributed by atoms with E-state index >= 15 is 0 Å². The van der Waals surface area contributed by atoms with Gasteiger partial charge in [0, 0.05) is 19.6 Å². The van der Waals surface area contributed by atoms with E-state index in [0.29, 0.717) is 0 Å². The SMILES string of the molecule is Cc1ccc(S(=O)c2ccc3c(c2)C2(c4ccccc4-c4ccccc42)c2cc(S(=O)c4ccccc4)ccc2-3)cc1. The van der Waals surface area contributed by atoms with Gasteiger partial charge in [-0.3, -0.25) is 0 Å². The van der Waals surface area contributed by atoms with Gasteiger partial charge in [0.15, 0.2) is 0 Å². The van der Waals surface area contributed by atoms with Gasteiger partial charge in [0.1, 0.15) is 0 Å². The van der Waals surface area contributed by atoms with E-state index in [9.17, 15) is 8.42 Å². The van der Waals surface area contributed by atoms with Crippen LogP contribution in [0.2, 0.25) is 0 Å². The molecular weight excluding hydrogens is 553 g/mol. The molecule has 2 aliphatic rings. The molecular formula is C38H26O2S2. The average molecular weight is 579 g/mol. The first-order valence-corrected chi connectivity index (χ1v) is 16.3. The fraction of sp³-hybridized carbons (Fsp3) is 0.0526. The minimum absolute atomic E-state index is 0.609. The van der Waals surface area contributed by atoms with Crippen molar-refractivity contribution in [2.24, 2.45) is 0 Å². The fourth-order valence-corrected chi connectivity index (χ4v) is 8.97. The maximum absolute atomic E-state index is 13.9. The van der Waals surface area contributed by atoms with Gasteiger partial charge < -0.3 is 0 Å². The van der Waals surface area contributed by atoms with Crippen molar-refractivity contribution in [1.82, 2.24) is 0 Å². The van der Waals surface area contributed by atoms with Crippen LogP contribution in [0.4, 0.5) is 0 Å². The minimum atomic E-state index is -1.33. The van der Waals surface area contributed by atoms with E-state index in [0.717, 1.165) is 47.4 Å². The van der Waals surface area contributed by atoms with Crippen LogP contribution in [0, 0.1) is 6.92 Å². The summed E-state index contributed by atoms with van der Waals surface area (Å²) in [4.78, 5) is 3.13. The highest BCUT2D eigenvalue weighted by Crippen LogP contribution is 2.63. The van der Waals surface area contributed by atoms with Gasteiger partial charge >= 0.3 is 0 Å². The number of hydrogen-bond acceptors (Lipinski definition) is 2. The molecule has 2 nitrogen and oxygen atoms in total. The summed E-state index contributed by atoms with van der Waals surface area (Å²) in [5, 5.41) is 0. The number of benzene rings is 6. The molecule has 2 aliphatic carbocycles. The molecule has 0 saturated heterocycles. The van der Waals surface area contributed by atoms with E-state index in [1.807, 2.05) is 73.7 Å². The highest BCUT2D eigenvalue weighted by molar-refractivity contribution is 7.85. The van der Waals surface area contributed by atoms with Crippen molar-refractivity contribution < 1.29 is 8.42 Å². The maximum atomic E-state index is 13.9. The Morgan fingerprint density at radius 2 is 0.810 bits per heavy atom. The van der Waals surface area contributed by atoms with E-state index in [4.69, 9.17) is 0 Å². The van der Waals surface area contributed by atoms with Gasteiger partial charge in [-0.15, -0.1) is 0 Å². The Kier molecular flexibility index (Phi) is 5.78. The molecule has 202 valence electrons. The highest BCUT2D eigenvalue weighted by Gasteiger charge is 2.52. The van der Waals surface area contributed by atoms with Gasteiger partial charge in [0.2, 0.25) is 0 Å². The summed E-state index contributed by atoms with van der Waals surface area (Å²) in [5.41, 5.74) is 9.82. The van der Waals surface area contributed by atoms with Crippen LogP contribution in [0.1, 0.15) is 27.8 Å². The van der Waals surface area contributed by atoms with Crippen molar-refractivity contribution in [2.45, 2.75) is 31.9 Å². The van der Waals surface area contributed by atoms with E-state index in [1.165, 1.54) is 22.3 Å². The third-order valence-corrected chi connectivity index (χ3v) is 11.4. The summed E-state index contributed by atoms with van der Waals surface area (Å²) in [5.74, 6) is 0. The zero-order valence-electron chi connectivity index (χ0n) is 22.9. The van der Waals surface area contributed by atoms with Crippen molar-refractivity contribution >= 4 is 21.6 Å². The lowest BCUT2D eigenvalue weighted by atomic mass is 9.70. The first kappa shape index (κ1) is 25.3. The van der Waals surface area contributed by atoms with Crippen LogP contribution in [0.5, 0.6) is 0 Å². The van der Waals surface area contributed by atoms with Crippen LogP contribution in [-0.2, 0) is 27.0 Å². The van der Waals surface area contributed by atoms with E-state index in [1.54, 1.807) is 0 Å². The van der Waals surface area contributed by atoms with Crippen LogP contribution in [0.25, 0.3) is 22.3 Å². The molecule has 0 N–H and O–H groups in total. The lowest BCUT2D eigenvalue weighted by Gasteiger charge is -2.31. The van der Waals surface area contributed by atoms with Crippen LogP contribution in [-0.4, -0.2) is 8.42 Å². The average Bonchev–Trinajstić information content (AvgIpc) is 3.51. The van der Waals surface area contributed by atoms with Crippen molar-refractivity contribution in [3.8, 4) is 22.3 Å². The summed E-state index contributed by atoms with van der Waals surface area (Å²) in [6.07, 6.45) is 0. The fourth-order valence-electron chi connectivity index (χ4n) is 6.81. The van der Waals surface area contributed by atoms with Crippen molar-refractivity contribution in [3.05, 3.63) is 167 Å². The lowest BCUT2D eigenvalue weighted by Crippen LogP contribution is -2.26. The Morgan fingerprint density at radius 1 is 0.405 bits per heavy atom. The number of fused-ring (bicyclic) bond motifs is 10. The first-order chi connectivity index (χ1) is 20.6. The third kappa shape index (κ3) is 3.55. The molecule has 1 spiro atoms. The normalized spacial score (nSPS) is 15.0. The third-order valence-electron chi connectivity index (χ3n) is 8.65. The standard InChI is InChI=1S/C38H26O2S2/c1-25-15-17-27(18-16-25)42(40)29-20-22-33-32-21-19-28(41(39)26-9-3-2-4-10-26)23-36(32)38(37(33)24-29)34-13-7-5-11-30(34)31-12-6-8-14-35(31)38/h2-24H,1H3. The summed E-state index contributed by atoms with van der Waals surface area (Å²) in [7, 11) is -2.65. The molecule has 0 aromatic heterocycles. The molecule has 0 radical (unpaired) electrons. The topological polar surface area (TPSA) is 34.1 Å². The van der Waals surface area contributed by atoms with Crippen molar-refractivity contribution in [1.29, 1.82) is 0 Å². The molecule has 0 saturated carbocycles. The minimum Gasteiger partial charge on any atom is -0.249 e. The zero-order chi connectivity index (χ0) is 28.4. The second-order valence-corrected chi connectivity index (χ2v) is 13.9. The number of aryl methyl sites for hydroxylation is 1. The van der Waals surface area contributed by atoms with Gasteiger partial charge in [0.05, 0.1) is 27.0 Å². The lowest BCUT2D eigenvalue weighted by molar-refractivity contribution is 0.682. The van der Waals surface area contributed by atoms with Crippen LogP contribution >= 0.6 is 0 Å². The molecule has 6 aromatic rings. The summed E-state index contributed by atoms with van der Waals surface area (Å²) >= 11 is 0.